The maximum absolute atomic E-state index is 10.9. The third kappa shape index (κ3) is 3.22. The lowest BCUT2D eigenvalue weighted by Gasteiger charge is -2.05. The van der Waals surface area contributed by atoms with Gasteiger partial charge in [0.15, 0.2) is 5.69 Å². The van der Waals surface area contributed by atoms with Gasteiger partial charge in [-0.25, -0.2) is 9.78 Å². The molecule has 0 spiro atoms. The Kier molecular flexibility index (Phi) is 4.16. The van der Waals surface area contributed by atoms with Gasteiger partial charge in [-0.05, 0) is 12.1 Å². The first-order valence-electron chi connectivity index (χ1n) is 5.33. The van der Waals surface area contributed by atoms with Crippen LogP contribution >= 0.6 is 22.9 Å². The Morgan fingerprint density at radius 2 is 2.30 bits per heavy atom. The smallest absolute Gasteiger partial charge is 0.355 e. The Morgan fingerprint density at radius 1 is 1.55 bits per heavy atom. The Labute approximate surface area is 122 Å². The van der Waals surface area contributed by atoms with Gasteiger partial charge in [-0.1, -0.05) is 11.6 Å². The van der Waals surface area contributed by atoms with Crippen LogP contribution in [-0.2, 0) is 6.54 Å². The van der Waals surface area contributed by atoms with Crippen molar-refractivity contribution in [3.63, 3.8) is 0 Å². The van der Waals surface area contributed by atoms with Crippen molar-refractivity contribution in [2.75, 3.05) is 5.32 Å². The molecule has 0 fully saturated rings. The van der Waals surface area contributed by atoms with E-state index in [1.54, 1.807) is 0 Å². The summed E-state index contributed by atoms with van der Waals surface area (Å²) in [5.41, 5.74) is 0.108. The number of nitro groups is 1. The highest BCUT2D eigenvalue weighted by molar-refractivity contribution is 7.09. The molecule has 1 aromatic carbocycles. The molecule has 0 saturated heterocycles. The van der Waals surface area contributed by atoms with E-state index in [2.05, 4.69) is 10.3 Å². The summed E-state index contributed by atoms with van der Waals surface area (Å²) in [5, 5.41) is 24.7. The number of halogens is 1. The Hall–Kier alpha value is -2.19. The van der Waals surface area contributed by atoms with E-state index in [1.165, 1.54) is 23.6 Å². The lowest BCUT2D eigenvalue weighted by molar-refractivity contribution is -0.383. The molecule has 0 saturated carbocycles. The molecule has 0 aliphatic rings. The van der Waals surface area contributed by atoms with Crippen molar-refractivity contribution in [2.45, 2.75) is 6.54 Å². The van der Waals surface area contributed by atoms with Crippen LogP contribution in [-0.4, -0.2) is 21.0 Å². The number of carboxylic acid groups (broad SMARTS) is 1. The van der Waals surface area contributed by atoms with Gasteiger partial charge in [0.25, 0.3) is 5.69 Å². The number of nitro benzene ring substituents is 1. The number of aromatic nitrogens is 1. The summed E-state index contributed by atoms with van der Waals surface area (Å²) in [5.74, 6) is -1.11. The van der Waals surface area contributed by atoms with Gasteiger partial charge in [0.2, 0.25) is 0 Å². The van der Waals surface area contributed by atoms with Gasteiger partial charge in [-0.15, -0.1) is 11.3 Å². The van der Waals surface area contributed by atoms with Gasteiger partial charge in [-0.3, -0.25) is 10.1 Å². The average Bonchev–Trinajstić information content (AvgIpc) is 2.86. The summed E-state index contributed by atoms with van der Waals surface area (Å²) in [6.45, 7) is 0.195. The molecule has 2 rings (SSSR count). The van der Waals surface area contributed by atoms with Crippen molar-refractivity contribution in [3.8, 4) is 0 Å². The van der Waals surface area contributed by atoms with Gasteiger partial charge in [-0.2, -0.15) is 0 Å². The molecule has 0 bridgehead atoms. The molecular weight excluding hydrogens is 306 g/mol. The number of rotatable bonds is 5. The number of carboxylic acids is 1. The highest BCUT2D eigenvalue weighted by atomic mass is 35.5. The molecule has 1 heterocycles. The molecule has 0 radical (unpaired) electrons. The molecule has 2 N–H and O–H groups in total. The number of nitrogens with one attached hydrogen (secondary N) is 1. The summed E-state index contributed by atoms with van der Waals surface area (Å²) in [6.07, 6.45) is 0. The lowest BCUT2D eigenvalue weighted by atomic mass is 10.2. The monoisotopic (exact) mass is 313 g/mol. The quantitative estimate of drug-likeness (QED) is 0.649. The van der Waals surface area contributed by atoms with Gasteiger partial charge in [0.1, 0.15) is 10.7 Å². The molecule has 0 unspecified atom stereocenters. The van der Waals surface area contributed by atoms with Crippen molar-refractivity contribution < 1.29 is 14.8 Å². The van der Waals surface area contributed by atoms with Gasteiger partial charge >= 0.3 is 5.97 Å². The minimum atomic E-state index is -1.11. The van der Waals surface area contributed by atoms with E-state index in [9.17, 15) is 14.9 Å². The molecule has 20 heavy (non-hydrogen) atoms. The summed E-state index contributed by atoms with van der Waals surface area (Å²) in [6, 6.07) is 4.27. The highest BCUT2D eigenvalue weighted by Crippen LogP contribution is 2.28. The molecular formula is C11H8ClN3O4S. The number of benzene rings is 1. The van der Waals surface area contributed by atoms with E-state index in [4.69, 9.17) is 16.7 Å². The van der Waals surface area contributed by atoms with E-state index in [1.807, 2.05) is 0 Å². The van der Waals surface area contributed by atoms with Crippen LogP contribution < -0.4 is 5.32 Å². The van der Waals surface area contributed by atoms with E-state index in [-0.39, 0.29) is 22.9 Å². The topological polar surface area (TPSA) is 105 Å². The van der Waals surface area contributed by atoms with Crippen molar-refractivity contribution in [1.29, 1.82) is 0 Å². The number of thiazole rings is 1. The minimum absolute atomic E-state index is 0.0441. The standard InChI is InChI=1S/C11H8ClN3O4S/c12-6-1-2-7(9(3-6)15(18)19)13-4-10-14-8(5-20-10)11(16)17/h1-3,5,13H,4H2,(H,16,17). The highest BCUT2D eigenvalue weighted by Gasteiger charge is 2.15. The maximum Gasteiger partial charge on any atom is 0.355 e. The summed E-state index contributed by atoms with van der Waals surface area (Å²) < 4.78 is 0. The summed E-state index contributed by atoms with van der Waals surface area (Å²) in [4.78, 5) is 24.9. The largest absolute Gasteiger partial charge is 0.476 e. The van der Waals surface area contributed by atoms with E-state index in [0.717, 1.165) is 11.3 Å². The number of aromatic carboxylic acids is 1. The summed E-state index contributed by atoms with van der Waals surface area (Å²) in [7, 11) is 0. The van der Waals surface area contributed by atoms with Crippen LogP contribution in [0.1, 0.15) is 15.5 Å². The third-order valence-corrected chi connectivity index (χ3v) is 3.44. The zero-order chi connectivity index (χ0) is 14.7. The van der Waals surface area contributed by atoms with Crippen molar-refractivity contribution in [3.05, 3.63) is 49.4 Å². The Balaban J connectivity index is 2.14. The molecule has 1 aromatic heterocycles. The Morgan fingerprint density at radius 3 is 2.90 bits per heavy atom. The molecule has 2 aromatic rings. The zero-order valence-electron chi connectivity index (χ0n) is 9.87. The van der Waals surface area contributed by atoms with Crippen LogP contribution in [0.3, 0.4) is 0 Å². The first-order valence-corrected chi connectivity index (χ1v) is 6.58. The first kappa shape index (κ1) is 14.2. The predicted molar refractivity (Wildman–Crippen MR) is 74.5 cm³/mol. The van der Waals surface area contributed by atoms with Crippen LogP contribution in [0.4, 0.5) is 11.4 Å². The SMILES string of the molecule is O=C(O)c1csc(CNc2ccc(Cl)cc2[N+](=O)[O-])n1. The van der Waals surface area contributed by atoms with E-state index >= 15 is 0 Å². The van der Waals surface area contributed by atoms with Crippen molar-refractivity contribution in [1.82, 2.24) is 4.98 Å². The van der Waals surface area contributed by atoms with Crippen LogP contribution in [0.25, 0.3) is 0 Å². The number of hydrogen-bond acceptors (Lipinski definition) is 6. The Bertz CT molecular complexity index is 673. The molecule has 0 amide bonds. The normalized spacial score (nSPS) is 10.2. The fourth-order valence-corrected chi connectivity index (χ4v) is 2.34. The van der Waals surface area contributed by atoms with Crippen LogP contribution in [0, 0.1) is 10.1 Å². The fourth-order valence-electron chi connectivity index (χ4n) is 1.47. The molecule has 9 heteroatoms. The molecule has 104 valence electrons. The minimum Gasteiger partial charge on any atom is -0.476 e. The van der Waals surface area contributed by atoms with Gasteiger partial charge < -0.3 is 10.4 Å². The number of anilines is 1. The number of carbonyl (C=O) groups is 1. The van der Waals surface area contributed by atoms with Gasteiger partial charge in [0.05, 0.1) is 11.5 Å². The maximum atomic E-state index is 10.9. The lowest BCUT2D eigenvalue weighted by Crippen LogP contribution is -2.03. The molecule has 7 nitrogen and oxygen atoms in total. The second kappa shape index (κ2) is 5.85. The van der Waals surface area contributed by atoms with Crippen LogP contribution in [0.2, 0.25) is 5.02 Å². The third-order valence-electron chi connectivity index (χ3n) is 2.36. The van der Waals surface area contributed by atoms with Crippen LogP contribution in [0.5, 0.6) is 0 Å². The molecule has 0 aliphatic carbocycles. The molecule has 0 atom stereocenters. The molecule has 0 aliphatic heterocycles. The van der Waals surface area contributed by atoms with Gasteiger partial charge in [0, 0.05) is 16.5 Å². The summed E-state index contributed by atoms with van der Waals surface area (Å²) >= 11 is 6.87. The average molecular weight is 314 g/mol. The number of hydrogen-bond donors (Lipinski definition) is 2. The van der Waals surface area contributed by atoms with Crippen molar-refractivity contribution in [2.24, 2.45) is 0 Å². The van der Waals surface area contributed by atoms with E-state index in [0.29, 0.717) is 10.7 Å². The predicted octanol–water partition coefficient (Wildman–Crippen LogP) is 3.02. The first-order chi connectivity index (χ1) is 9.47. The van der Waals surface area contributed by atoms with Crippen molar-refractivity contribution >= 4 is 40.3 Å². The second-order valence-electron chi connectivity index (χ2n) is 3.70. The van der Waals surface area contributed by atoms with Crippen LogP contribution in [0.15, 0.2) is 23.6 Å². The second-order valence-corrected chi connectivity index (χ2v) is 5.08. The van der Waals surface area contributed by atoms with E-state index < -0.39 is 10.9 Å². The fraction of sp³-hybridized carbons (Fsp3) is 0.0909. The number of nitrogens with zero attached hydrogens (tertiary/aromatic N) is 2. The zero-order valence-corrected chi connectivity index (χ0v) is 11.4.